The van der Waals surface area contributed by atoms with Gasteiger partial charge in [-0.3, -0.25) is 0 Å². The van der Waals surface area contributed by atoms with Gasteiger partial charge in [-0.25, -0.2) is 8.78 Å². The molecule has 0 saturated carbocycles. The Balaban J connectivity index is 3.34. The molecule has 1 aromatic rings. The highest BCUT2D eigenvalue weighted by molar-refractivity contribution is 5.52. The molecule has 1 aromatic carbocycles. The topological polar surface area (TPSA) is 53.7 Å². The molecule has 0 aliphatic heterocycles. The number of benzene rings is 1. The van der Waals surface area contributed by atoms with Crippen LogP contribution in [0.15, 0.2) is 12.1 Å². The van der Waals surface area contributed by atoms with Gasteiger partial charge in [-0.05, 0) is 0 Å². The number of hydrogen-bond donors (Lipinski definition) is 1. The van der Waals surface area contributed by atoms with Crippen LogP contribution in [0, 0.1) is 0 Å². The van der Waals surface area contributed by atoms with Crippen molar-refractivity contribution < 1.29 is 23.0 Å². The van der Waals surface area contributed by atoms with Gasteiger partial charge >= 0.3 is 0 Å². The fourth-order valence-electron chi connectivity index (χ4n) is 1.49. The highest BCUT2D eigenvalue weighted by Gasteiger charge is 2.26. The van der Waals surface area contributed by atoms with E-state index in [9.17, 15) is 8.78 Å². The molecule has 0 aliphatic rings. The quantitative estimate of drug-likeness (QED) is 0.864. The Morgan fingerprint density at radius 1 is 1.00 bits per heavy atom. The van der Waals surface area contributed by atoms with Gasteiger partial charge < -0.3 is 19.9 Å². The van der Waals surface area contributed by atoms with Crippen LogP contribution in [0.5, 0.6) is 17.2 Å². The summed E-state index contributed by atoms with van der Waals surface area (Å²) < 4.78 is 40.4. The summed E-state index contributed by atoms with van der Waals surface area (Å²) in [6.07, 6.45) is -2.70. The summed E-state index contributed by atoms with van der Waals surface area (Å²) in [4.78, 5) is 0. The molecule has 1 atom stereocenters. The Morgan fingerprint density at radius 2 is 1.47 bits per heavy atom. The zero-order valence-electron chi connectivity index (χ0n) is 9.87. The Morgan fingerprint density at radius 3 is 1.76 bits per heavy atom. The highest BCUT2D eigenvalue weighted by Crippen LogP contribution is 2.39. The van der Waals surface area contributed by atoms with Gasteiger partial charge in [0.1, 0.15) is 17.2 Å². The minimum absolute atomic E-state index is 0.130. The second-order valence-electron chi connectivity index (χ2n) is 3.31. The van der Waals surface area contributed by atoms with E-state index >= 15 is 0 Å². The zero-order valence-corrected chi connectivity index (χ0v) is 9.87. The van der Waals surface area contributed by atoms with Gasteiger partial charge in [0.15, 0.2) is 0 Å². The molecule has 0 heterocycles. The van der Waals surface area contributed by atoms with Gasteiger partial charge in [0.25, 0.3) is 6.43 Å². The second-order valence-corrected chi connectivity index (χ2v) is 3.31. The van der Waals surface area contributed by atoms with E-state index in [0.29, 0.717) is 5.75 Å². The molecular formula is C11H15F2NO3. The van der Waals surface area contributed by atoms with Gasteiger partial charge in [0, 0.05) is 12.1 Å². The predicted octanol–water partition coefficient (Wildman–Crippen LogP) is 1.98. The third-order valence-electron chi connectivity index (χ3n) is 2.36. The van der Waals surface area contributed by atoms with Crippen LogP contribution in [0.1, 0.15) is 11.6 Å². The van der Waals surface area contributed by atoms with Crippen LogP contribution in [-0.2, 0) is 0 Å². The van der Waals surface area contributed by atoms with E-state index in [2.05, 4.69) is 0 Å². The highest BCUT2D eigenvalue weighted by atomic mass is 19.3. The monoisotopic (exact) mass is 247 g/mol. The molecule has 2 N–H and O–H groups in total. The van der Waals surface area contributed by atoms with Gasteiger partial charge in [-0.15, -0.1) is 0 Å². The first-order valence-electron chi connectivity index (χ1n) is 4.88. The average molecular weight is 247 g/mol. The Kier molecular flexibility index (Phi) is 4.51. The molecule has 17 heavy (non-hydrogen) atoms. The third-order valence-corrected chi connectivity index (χ3v) is 2.36. The predicted molar refractivity (Wildman–Crippen MR) is 59.0 cm³/mol. The smallest absolute Gasteiger partial charge is 0.257 e. The number of hydrogen-bond acceptors (Lipinski definition) is 4. The Hall–Kier alpha value is -1.56. The molecule has 0 fully saturated rings. The van der Waals surface area contributed by atoms with E-state index in [1.165, 1.54) is 33.5 Å². The fraction of sp³-hybridized carbons (Fsp3) is 0.455. The van der Waals surface area contributed by atoms with Crippen molar-refractivity contribution in [1.82, 2.24) is 0 Å². The van der Waals surface area contributed by atoms with E-state index in [1.54, 1.807) is 0 Å². The number of ether oxygens (including phenoxy) is 3. The molecule has 1 unspecified atom stereocenters. The second kappa shape index (κ2) is 5.67. The van der Waals surface area contributed by atoms with E-state index in [4.69, 9.17) is 19.9 Å². The lowest BCUT2D eigenvalue weighted by atomic mass is 10.0. The maximum absolute atomic E-state index is 12.7. The van der Waals surface area contributed by atoms with Crippen LogP contribution >= 0.6 is 0 Å². The first-order chi connectivity index (χ1) is 8.04. The lowest BCUT2D eigenvalue weighted by Gasteiger charge is -2.19. The van der Waals surface area contributed by atoms with Crippen molar-refractivity contribution in [2.75, 3.05) is 21.3 Å². The molecule has 0 saturated heterocycles. The molecule has 0 aromatic heterocycles. The van der Waals surface area contributed by atoms with Gasteiger partial charge in [-0.1, -0.05) is 0 Å². The minimum atomic E-state index is -2.70. The van der Waals surface area contributed by atoms with Crippen molar-refractivity contribution in [1.29, 1.82) is 0 Å². The molecule has 6 heteroatoms. The number of halogens is 2. The third kappa shape index (κ3) is 2.76. The summed E-state index contributed by atoms with van der Waals surface area (Å²) in [6.45, 7) is 0. The van der Waals surface area contributed by atoms with Crippen molar-refractivity contribution in [3.63, 3.8) is 0 Å². The van der Waals surface area contributed by atoms with Crippen LogP contribution in [0.3, 0.4) is 0 Å². The Bertz CT molecular complexity index is 360. The molecule has 1 rings (SSSR count). The summed E-state index contributed by atoms with van der Waals surface area (Å²) in [5.41, 5.74) is 5.56. The maximum atomic E-state index is 12.7. The lowest BCUT2D eigenvalue weighted by molar-refractivity contribution is 0.113. The van der Waals surface area contributed by atoms with Crippen LogP contribution in [0.25, 0.3) is 0 Å². The van der Waals surface area contributed by atoms with Crippen molar-refractivity contribution in [2.24, 2.45) is 5.73 Å². The number of nitrogens with two attached hydrogens (primary N) is 1. The van der Waals surface area contributed by atoms with Gasteiger partial charge in [-0.2, -0.15) is 0 Å². The van der Waals surface area contributed by atoms with E-state index in [0.717, 1.165) is 0 Å². The first kappa shape index (κ1) is 13.5. The normalized spacial score (nSPS) is 12.4. The van der Waals surface area contributed by atoms with Crippen LogP contribution in [0.4, 0.5) is 8.78 Å². The van der Waals surface area contributed by atoms with Crippen molar-refractivity contribution in [3.8, 4) is 17.2 Å². The zero-order chi connectivity index (χ0) is 13.0. The Labute approximate surface area is 98.3 Å². The lowest BCUT2D eigenvalue weighted by Crippen LogP contribution is -2.20. The standard InChI is InChI=1S/C11H15F2NO3/c1-15-6-4-7(16-2)9(8(5-6)17-3)10(14)11(12)13/h4-5,10-11H,14H2,1-3H3. The summed E-state index contributed by atoms with van der Waals surface area (Å²) in [5, 5.41) is 0. The summed E-state index contributed by atoms with van der Waals surface area (Å²) in [6, 6.07) is 1.51. The maximum Gasteiger partial charge on any atom is 0.257 e. The summed E-state index contributed by atoms with van der Waals surface area (Å²) in [7, 11) is 4.20. The van der Waals surface area contributed by atoms with Gasteiger partial charge in [0.2, 0.25) is 0 Å². The van der Waals surface area contributed by atoms with Crippen LogP contribution in [-0.4, -0.2) is 27.8 Å². The van der Waals surface area contributed by atoms with Crippen molar-refractivity contribution in [3.05, 3.63) is 17.7 Å². The first-order valence-corrected chi connectivity index (χ1v) is 4.88. The molecule has 0 radical (unpaired) electrons. The molecule has 0 amide bonds. The van der Waals surface area contributed by atoms with E-state index in [1.807, 2.05) is 0 Å². The summed E-state index contributed by atoms with van der Waals surface area (Å²) >= 11 is 0. The van der Waals surface area contributed by atoms with Crippen LogP contribution in [0.2, 0.25) is 0 Å². The van der Waals surface area contributed by atoms with Crippen molar-refractivity contribution >= 4 is 0 Å². The van der Waals surface area contributed by atoms with Gasteiger partial charge in [0.05, 0.1) is 32.9 Å². The SMILES string of the molecule is COc1cc(OC)c(C(N)C(F)F)c(OC)c1. The largest absolute Gasteiger partial charge is 0.496 e. The molecule has 4 nitrogen and oxygen atoms in total. The van der Waals surface area contributed by atoms with E-state index < -0.39 is 12.5 Å². The number of rotatable bonds is 5. The summed E-state index contributed by atoms with van der Waals surface area (Å²) in [5.74, 6) is 0.881. The van der Waals surface area contributed by atoms with Crippen LogP contribution < -0.4 is 19.9 Å². The van der Waals surface area contributed by atoms with E-state index in [-0.39, 0.29) is 17.1 Å². The molecule has 96 valence electrons. The van der Waals surface area contributed by atoms with Crippen molar-refractivity contribution in [2.45, 2.75) is 12.5 Å². The average Bonchev–Trinajstić information content (AvgIpc) is 2.35. The molecule has 0 aliphatic carbocycles. The number of methoxy groups -OCH3 is 3. The fourth-order valence-corrected chi connectivity index (χ4v) is 1.49. The molecule has 0 spiro atoms. The number of alkyl halides is 2. The molecular weight excluding hydrogens is 232 g/mol. The molecule has 0 bridgehead atoms. The minimum Gasteiger partial charge on any atom is -0.496 e.